The highest BCUT2D eigenvalue weighted by atomic mass is 35.5. The van der Waals surface area contributed by atoms with E-state index in [4.69, 9.17) is 4.74 Å². The summed E-state index contributed by atoms with van der Waals surface area (Å²) < 4.78 is 5.99. The van der Waals surface area contributed by atoms with Gasteiger partial charge in [-0.05, 0) is 75.9 Å². The SMILES string of the molecule is CCN1CCCc2cc(OCCCN3CCCCC3)ccc21.Cl.Cl. The van der Waals surface area contributed by atoms with Crippen molar-refractivity contribution in [2.45, 2.75) is 45.4 Å². The first kappa shape index (κ1) is 21.4. The number of halogens is 2. The molecule has 0 aromatic heterocycles. The second kappa shape index (κ2) is 11.1. The number of anilines is 1. The Morgan fingerprint density at radius 3 is 2.54 bits per heavy atom. The van der Waals surface area contributed by atoms with Crippen molar-refractivity contribution in [1.29, 1.82) is 0 Å². The van der Waals surface area contributed by atoms with Crippen LogP contribution in [-0.4, -0.2) is 44.2 Å². The molecule has 0 spiro atoms. The number of nitrogens with zero attached hydrogens (tertiary/aromatic N) is 2. The molecule has 5 heteroatoms. The van der Waals surface area contributed by atoms with Crippen molar-refractivity contribution in [2.24, 2.45) is 0 Å². The summed E-state index contributed by atoms with van der Waals surface area (Å²) in [5.41, 5.74) is 2.87. The zero-order valence-corrected chi connectivity index (χ0v) is 16.5. The van der Waals surface area contributed by atoms with Crippen LogP contribution in [0.4, 0.5) is 5.69 Å². The second-order valence-corrected chi connectivity index (χ2v) is 6.58. The minimum Gasteiger partial charge on any atom is -0.494 e. The Balaban J connectivity index is 0.00000144. The van der Waals surface area contributed by atoms with E-state index in [2.05, 4.69) is 34.9 Å². The number of hydrogen-bond acceptors (Lipinski definition) is 3. The summed E-state index contributed by atoms with van der Waals surface area (Å²) >= 11 is 0. The first-order chi connectivity index (χ1) is 10.9. The van der Waals surface area contributed by atoms with Gasteiger partial charge in [0, 0.05) is 25.3 Å². The third-order valence-corrected chi connectivity index (χ3v) is 4.98. The largest absolute Gasteiger partial charge is 0.494 e. The Hall–Kier alpha value is -0.640. The van der Waals surface area contributed by atoms with Gasteiger partial charge in [-0.1, -0.05) is 6.42 Å². The van der Waals surface area contributed by atoms with Crippen LogP contribution >= 0.6 is 24.8 Å². The lowest BCUT2D eigenvalue weighted by Gasteiger charge is -2.30. The molecule has 1 aromatic rings. The maximum absolute atomic E-state index is 5.99. The zero-order chi connectivity index (χ0) is 15.2. The number of hydrogen-bond donors (Lipinski definition) is 0. The molecule has 2 aliphatic rings. The van der Waals surface area contributed by atoms with Crippen molar-refractivity contribution < 1.29 is 4.74 Å². The normalized spacial score (nSPS) is 17.5. The quantitative estimate of drug-likeness (QED) is 0.678. The Kier molecular flexibility index (Phi) is 9.87. The lowest BCUT2D eigenvalue weighted by atomic mass is 10.0. The molecule has 0 bridgehead atoms. The number of ether oxygens (including phenoxy) is 1. The van der Waals surface area contributed by atoms with Gasteiger partial charge in [-0.15, -0.1) is 24.8 Å². The van der Waals surface area contributed by atoms with E-state index in [-0.39, 0.29) is 24.8 Å². The summed E-state index contributed by atoms with van der Waals surface area (Å²) in [4.78, 5) is 5.05. The van der Waals surface area contributed by atoms with Crippen molar-refractivity contribution in [3.8, 4) is 5.75 Å². The van der Waals surface area contributed by atoms with Crippen molar-refractivity contribution in [2.75, 3.05) is 44.2 Å². The lowest BCUT2D eigenvalue weighted by Crippen LogP contribution is -2.31. The van der Waals surface area contributed by atoms with E-state index in [9.17, 15) is 0 Å². The van der Waals surface area contributed by atoms with E-state index in [0.29, 0.717) is 0 Å². The van der Waals surface area contributed by atoms with Crippen molar-refractivity contribution in [1.82, 2.24) is 4.90 Å². The molecule has 1 saturated heterocycles. The molecule has 3 nitrogen and oxygen atoms in total. The van der Waals surface area contributed by atoms with E-state index >= 15 is 0 Å². The van der Waals surface area contributed by atoms with E-state index < -0.39 is 0 Å². The van der Waals surface area contributed by atoms with Crippen LogP contribution in [0.15, 0.2) is 18.2 Å². The number of aryl methyl sites for hydroxylation is 1. The summed E-state index contributed by atoms with van der Waals surface area (Å²) in [7, 11) is 0. The Bertz CT molecular complexity index is 478. The lowest BCUT2D eigenvalue weighted by molar-refractivity contribution is 0.205. The van der Waals surface area contributed by atoms with Gasteiger partial charge in [0.1, 0.15) is 5.75 Å². The molecule has 0 radical (unpaired) electrons. The third-order valence-electron chi connectivity index (χ3n) is 4.98. The van der Waals surface area contributed by atoms with Crippen LogP contribution in [0.1, 0.15) is 44.6 Å². The molecule has 0 saturated carbocycles. The number of fused-ring (bicyclic) bond motifs is 1. The van der Waals surface area contributed by atoms with Crippen molar-refractivity contribution >= 4 is 30.5 Å². The molecule has 0 aliphatic carbocycles. The van der Waals surface area contributed by atoms with E-state index in [1.165, 1.54) is 69.5 Å². The topological polar surface area (TPSA) is 15.7 Å². The molecule has 3 rings (SSSR count). The predicted molar refractivity (Wildman–Crippen MR) is 108 cm³/mol. The highest BCUT2D eigenvalue weighted by Crippen LogP contribution is 2.30. The highest BCUT2D eigenvalue weighted by Gasteiger charge is 2.16. The van der Waals surface area contributed by atoms with Crippen LogP contribution in [0.3, 0.4) is 0 Å². The fraction of sp³-hybridized carbons (Fsp3) is 0.684. The maximum Gasteiger partial charge on any atom is 0.119 e. The number of piperidine rings is 1. The van der Waals surface area contributed by atoms with Crippen LogP contribution in [0.5, 0.6) is 5.75 Å². The van der Waals surface area contributed by atoms with Gasteiger partial charge >= 0.3 is 0 Å². The Labute approximate surface area is 159 Å². The first-order valence-electron chi connectivity index (χ1n) is 9.10. The fourth-order valence-corrected chi connectivity index (χ4v) is 3.73. The first-order valence-corrected chi connectivity index (χ1v) is 9.10. The molecule has 0 N–H and O–H groups in total. The van der Waals surface area contributed by atoms with Crippen LogP contribution in [0.25, 0.3) is 0 Å². The molecule has 24 heavy (non-hydrogen) atoms. The summed E-state index contributed by atoms with van der Waals surface area (Å²) in [6.45, 7) is 9.13. The standard InChI is InChI=1S/C19H30N2O.2ClH/c1-2-21-14-6-8-17-16-18(9-10-19(17)21)22-15-7-13-20-11-4-3-5-12-20;;/h9-10,16H,2-8,11-15H2,1H3;2*1H. The molecule has 138 valence electrons. The molecule has 2 aliphatic heterocycles. The third kappa shape index (κ3) is 5.72. The Morgan fingerprint density at radius 1 is 1.00 bits per heavy atom. The average Bonchev–Trinajstić information content (AvgIpc) is 2.59. The number of rotatable bonds is 6. The molecule has 1 aromatic carbocycles. The molecule has 0 unspecified atom stereocenters. The molecule has 0 amide bonds. The van der Waals surface area contributed by atoms with E-state index in [0.717, 1.165) is 25.3 Å². The van der Waals surface area contributed by atoms with Crippen LogP contribution in [-0.2, 0) is 6.42 Å². The van der Waals surface area contributed by atoms with E-state index in [1.54, 1.807) is 0 Å². The van der Waals surface area contributed by atoms with Crippen LogP contribution in [0.2, 0.25) is 0 Å². The molecule has 2 heterocycles. The molecular weight excluding hydrogens is 343 g/mol. The van der Waals surface area contributed by atoms with Crippen LogP contribution < -0.4 is 9.64 Å². The highest BCUT2D eigenvalue weighted by molar-refractivity contribution is 5.85. The average molecular weight is 375 g/mol. The van der Waals surface area contributed by atoms with E-state index in [1.807, 2.05) is 0 Å². The maximum atomic E-state index is 5.99. The Morgan fingerprint density at radius 2 is 1.79 bits per heavy atom. The van der Waals surface area contributed by atoms with Gasteiger partial charge in [-0.25, -0.2) is 0 Å². The zero-order valence-electron chi connectivity index (χ0n) is 14.8. The number of benzene rings is 1. The summed E-state index contributed by atoms with van der Waals surface area (Å²) in [5.74, 6) is 1.05. The molecule has 1 fully saturated rings. The van der Waals surface area contributed by atoms with Crippen molar-refractivity contribution in [3.05, 3.63) is 23.8 Å². The number of likely N-dealkylation sites (tertiary alicyclic amines) is 1. The smallest absolute Gasteiger partial charge is 0.119 e. The summed E-state index contributed by atoms with van der Waals surface area (Å²) in [6, 6.07) is 6.66. The van der Waals surface area contributed by atoms with Crippen LogP contribution in [0, 0.1) is 0 Å². The van der Waals surface area contributed by atoms with Gasteiger partial charge in [0.05, 0.1) is 6.61 Å². The second-order valence-electron chi connectivity index (χ2n) is 6.58. The van der Waals surface area contributed by atoms with Gasteiger partial charge in [0.2, 0.25) is 0 Å². The summed E-state index contributed by atoms with van der Waals surface area (Å²) in [6.07, 6.45) is 7.75. The molecule has 0 atom stereocenters. The summed E-state index contributed by atoms with van der Waals surface area (Å²) in [5, 5.41) is 0. The van der Waals surface area contributed by atoms with Gasteiger partial charge in [0.25, 0.3) is 0 Å². The molecular formula is C19H32Cl2N2O. The fourth-order valence-electron chi connectivity index (χ4n) is 3.73. The van der Waals surface area contributed by atoms with Crippen molar-refractivity contribution in [3.63, 3.8) is 0 Å². The monoisotopic (exact) mass is 374 g/mol. The van der Waals surface area contributed by atoms with Gasteiger partial charge < -0.3 is 14.5 Å². The predicted octanol–water partition coefficient (Wildman–Crippen LogP) is 4.56. The van der Waals surface area contributed by atoms with Gasteiger partial charge in [0.15, 0.2) is 0 Å². The van der Waals surface area contributed by atoms with Gasteiger partial charge in [-0.3, -0.25) is 0 Å². The minimum absolute atomic E-state index is 0. The van der Waals surface area contributed by atoms with Gasteiger partial charge in [-0.2, -0.15) is 0 Å². The minimum atomic E-state index is 0.